The summed E-state index contributed by atoms with van der Waals surface area (Å²) in [7, 11) is 1.77. The Morgan fingerprint density at radius 3 is 2.39 bits per heavy atom. The minimum Gasteiger partial charge on any atom is -0.481 e. The fourth-order valence-electron chi connectivity index (χ4n) is 6.02. The lowest BCUT2D eigenvalue weighted by molar-refractivity contribution is -0.154. The zero-order chi connectivity index (χ0) is 35.5. The van der Waals surface area contributed by atoms with Crippen LogP contribution in [0, 0.1) is 5.82 Å². The molecule has 3 N–H and O–H groups in total. The molecule has 2 aromatic carbocycles. The SMILES string of the molecule is Cn1ncc2cc(F)c(-c3cccc4c3c(C3CCN(C(=O)CCC(=O)O)CC3)nn4CC(=O)NCC(=O)NCC(=O)OC(C)(C)C)cc21. The summed E-state index contributed by atoms with van der Waals surface area (Å²) in [5, 5.41) is 24.4. The Morgan fingerprint density at radius 2 is 1.69 bits per heavy atom. The number of rotatable bonds is 11. The Hall–Kier alpha value is -5.34. The molecule has 2 aromatic heterocycles. The second kappa shape index (κ2) is 14.4. The van der Waals surface area contributed by atoms with Gasteiger partial charge in [-0.3, -0.25) is 33.3 Å². The normalized spacial score (nSPS) is 13.9. The van der Waals surface area contributed by atoms with Crippen molar-refractivity contribution >= 4 is 51.5 Å². The van der Waals surface area contributed by atoms with Gasteiger partial charge >= 0.3 is 11.9 Å². The summed E-state index contributed by atoms with van der Waals surface area (Å²) < 4.78 is 24.0. The number of benzene rings is 2. The molecule has 1 saturated heterocycles. The highest BCUT2D eigenvalue weighted by Gasteiger charge is 2.29. The Bertz CT molecular complexity index is 1920. The molecule has 5 rings (SSSR count). The molecule has 14 nitrogen and oxygen atoms in total. The van der Waals surface area contributed by atoms with Crippen molar-refractivity contribution in [1.29, 1.82) is 0 Å². The number of hydrogen-bond donors (Lipinski definition) is 3. The van der Waals surface area contributed by atoms with Crippen LogP contribution in [0.3, 0.4) is 0 Å². The van der Waals surface area contributed by atoms with Gasteiger partial charge < -0.3 is 25.4 Å². The summed E-state index contributed by atoms with van der Waals surface area (Å²) in [6, 6.07) is 8.53. The molecule has 0 spiro atoms. The van der Waals surface area contributed by atoms with Crippen molar-refractivity contribution in [3.05, 3.63) is 48.0 Å². The molecule has 1 aliphatic rings. The van der Waals surface area contributed by atoms with E-state index in [2.05, 4.69) is 15.7 Å². The first-order chi connectivity index (χ1) is 23.2. The molecule has 260 valence electrons. The molecule has 4 aromatic rings. The van der Waals surface area contributed by atoms with Gasteiger partial charge in [0.15, 0.2) is 0 Å². The molecular weight excluding hydrogens is 637 g/mol. The number of aryl methyl sites for hydroxylation is 1. The van der Waals surface area contributed by atoms with Gasteiger partial charge in [-0.25, -0.2) is 4.39 Å². The van der Waals surface area contributed by atoms with Gasteiger partial charge in [-0.2, -0.15) is 10.2 Å². The number of halogens is 1. The van der Waals surface area contributed by atoms with Crippen LogP contribution in [0.25, 0.3) is 32.9 Å². The molecule has 1 aliphatic heterocycles. The van der Waals surface area contributed by atoms with Gasteiger partial charge in [-0.1, -0.05) is 12.1 Å². The molecule has 3 heterocycles. The highest BCUT2D eigenvalue weighted by molar-refractivity contribution is 6.00. The number of carboxylic acids is 1. The van der Waals surface area contributed by atoms with E-state index in [1.807, 2.05) is 0 Å². The van der Waals surface area contributed by atoms with E-state index < -0.39 is 35.2 Å². The maximum atomic E-state index is 15.7. The van der Waals surface area contributed by atoms with E-state index in [4.69, 9.17) is 14.9 Å². The summed E-state index contributed by atoms with van der Waals surface area (Å²) in [6.45, 7) is 4.98. The van der Waals surface area contributed by atoms with E-state index in [-0.39, 0.29) is 44.3 Å². The van der Waals surface area contributed by atoms with Gasteiger partial charge in [-0.15, -0.1) is 0 Å². The summed E-state index contributed by atoms with van der Waals surface area (Å²) in [4.78, 5) is 62.5. The standard InChI is InChI=1S/C34H40FN7O7/c1-34(2,3)49-31(48)18-37-27(43)17-36-28(44)19-42-25-7-5-6-22(23-15-26-21(14-24(23)35)16-38-40(26)4)32(25)33(39-42)20-10-12-41(13-11-20)29(45)8-9-30(46)47/h5-7,14-16,20H,8-13,17-19H2,1-4H3,(H,36,44)(H,37,43)(H,46,47). The Labute approximate surface area is 281 Å². The van der Waals surface area contributed by atoms with Gasteiger partial charge in [0, 0.05) is 48.8 Å². The van der Waals surface area contributed by atoms with Crippen molar-refractivity contribution in [2.24, 2.45) is 7.05 Å². The number of hydrogen-bond acceptors (Lipinski definition) is 8. The second-order valence-electron chi connectivity index (χ2n) is 13.1. The number of aliphatic carboxylic acids is 1. The molecule has 1 fully saturated rings. The first-order valence-electron chi connectivity index (χ1n) is 16.1. The Kier molecular flexibility index (Phi) is 10.3. The molecule has 0 atom stereocenters. The average Bonchev–Trinajstić information content (AvgIpc) is 3.60. The van der Waals surface area contributed by atoms with Gasteiger partial charge in [0.2, 0.25) is 17.7 Å². The highest BCUT2D eigenvalue weighted by atomic mass is 19.1. The van der Waals surface area contributed by atoms with Crippen LogP contribution < -0.4 is 10.6 Å². The fraction of sp³-hybridized carbons (Fsp3) is 0.441. The minimum atomic E-state index is -1.03. The zero-order valence-electron chi connectivity index (χ0n) is 27.9. The molecule has 0 unspecified atom stereocenters. The predicted octanol–water partition coefficient (Wildman–Crippen LogP) is 2.87. The quantitative estimate of drug-likeness (QED) is 0.202. The number of likely N-dealkylation sites (tertiary alicyclic amines) is 1. The maximum absolute atomic E-state index is 15.7. The number of carboxylic acid groups (broad SMARTS) is 1. The van der Waals surface area contributed by atoms with Crippen LogP contribution in [-0.2, 0) is 42.3 Å². The molecule has 0 bridgehead atoms. The van der Waals surface area contributed by atoms with Crippen molar-refractivity contribution in [2.45, 2.75) is 64.5 Å². The van der Waals surface area contributed by atoms with Crippen LogP contribution in [-0.4, -0.2) is 91.0 Å². The predicted molar refractivity (Wildman–Crippen MR) is 177 cm³/mol. The summed E-state index contributed by atoms with van der Waals surface area (Å²) >= 11 is 0. The van der Waals surface area contributed by atoms with E-state index in [1.54, 1.807) is 67.9 Å². The second-order valence-corrected chi connectivity index (χ2v) is 13.1. The number of nitrogens with zero attached hydrogens (tertiary/aromatic N) is 5. The number of ether oxygens (including phenoxy) is 1. The topological polar surface area (TPSA) is 178 Å². The third kappa shape index (κ3) is 8.39. The van der Waals surface area contributed by atoms with Crippen molar-refractivity contribution in [3.63, 3.8) is 0 Å². The van der Waals surface area contributed by atoms with Crippen LogP contribution in [0.4, 0.5) is 4.39 Å². The third-order valence-corrected chi connectivity index (χ3v) is 8.31. The van der Waals surface area contributed by atoms with Gasteiger partial charge in [0.05, 0.1) is 35.9 Å². The van der Waals surface area contributed by atoms with Crippen molar-refractivity contribution in [3.8, 4) is 11.1 Å². The molecule has 0 radical (unpaired) electrons. The molecule has 3 amide bonds. The first kappa shape index (κ1) is 35.0. The first-order valence-corrected chi connectivity index (χ1v) is 16.1. The number of aromatic nitrogens is 4. The molecule has 15 heteroatoms. The van der Waals surface area contributed by atoms with Gasteiger partial charge in [-0.05, 0) is 57.4 Å². The van der Waals surface area contributed by atoms with E-state index in [1.165, 1.54) is 10.7 Å². The van der Waals surface area contributed by atoms with E-state index in [0.717, 1.165) is 5.52 Å². The van der Waals surface area contributed by atoms with Gasteiger partial charge in [0.1, 0.15) is 24.5 Å². The van der Waals surface area contributed by atoms with Crippen LogP contribution in [0.1, 0.15) is 58.1 Å². The van der Waals surface area contributed by atoms with Gasteiger partial charge in [0.25, 0.3) is 0 Å². The number of piperidine rings is 1. The van der Waals surface area contributed by atoms with E-state index in [0.29, 0.717) is 59.0 Å². The van der Waals surface area contributed by atoms with E-state index in [9.17, 15) is 24.0 Å². The zero-order valence-corrected chi connectivity index (χ0v) is 27.9. The minimum absolute atomic E-state index is 0.0778. The molecule has 0 saturated carbocycles. The largest absolute Gasteiger partial charge is 0.481 e. The van der Waals surface area contributed by atoms with Crippen LogP contribution >= 0.6 is 0 Å². The lowest BCUT2D eigenvalue weighted by Crippen LogP contribution is -2.41. The third-order valence-electron chi connectivity index (χ3n) is 8.31. The number of esters is 1. The van der Waals surface area contributed by atoms with Crippen LogP contribution in [0.15, 0.2) is 36.5 Å². The van der Waals surface area contributed by atoms with Crippen molar-refractivity contribution < 1.29 is 38.2 Å². The number of carbonyl (C=O) groups is 5. The summed E-state index contributed by atoms with van der Waals surface area (Å²) in [5.41, 5.74) is 2.20. The maximum Gasteiger partial charge on any atom is 0.325 e. The number of nitrogens with one attached hydrogen (secondary N) is 2. The summed E-state index contributed by atoms with van der Waals surface area (Å²) in [5.74, 6) is -3.52. The van der Waals surface area contributed by atoms with Crippen molar-refractivity contribution in [2.75, 3.05) is 26.2 Å². The Morgan fingerprint density at radius 1 is 0.980 bits per heavy atom. The van der Waals surface area contributed by atoms with E-state index >= 15 is 4.39 Å². The fourth-order valence-corrected chi connectivity index (χ4v) is 6.02. The smallest absolute Gasteiger partial charge is 0.325 e. The molecular formula is C34H40FN7O7. The lowest BCUT2D eigenvalue weighted by Gasteiger charge is -2.31. The number of amides is 3. The highest BCUT2D eigenvalue weighted by Crippen LogP contribution is 2.39. The van der Waals surface area contributed by atoms with Crippen LogP contribution in [0.2, 0.25) is 0 Å². The lowest BCUT2D eigenvalue weighted by atomic mass is 9.88. The van der Waals surface area contributed by atoms with Crippen LogP contribution in [0.5, 0.6) is 0 Å². The van der Waals surface area contributed by atoms with Crippen molar-refractivity contribution in [1.82, 2.24) is 35.1 Å². The number of carbonyl (C=O) groups excluding carboxylic acids is 4. The number of fused-ring (bicyclic) bond motifs is 2. The monoisotopic (exact) mass is 677 g/mol. The molecule has 49 heavy (non-hydrogen) atoms. The average molecular weight is 678 g/mol. The summed E-state index contributed by atoms with van der Waals surface area (Å²) in [6.07, 6.45) is 2.34. The molecule has 0 aliphatic carbocycles. The Balaban J connectivity index is 1.40.